The Morgan fingerprint density at radius 1 is 1.10 bits per heavy atom. The van der Waals surface area contributed by atoms with E-state index in [0.717, 1.165) is 10.0 Å². The second-order valence-electron chi connectivity index (χ2n) is 4.56. The van der Waals surface area contributed by atoms with Crippen molar-refractivity contribution in [2.75, 3.05) is 7.05 Å². The molecule has 0 fully saturated rings. The first-order chi connectivity index (χ1) is 9.86. The average Bonchev–Trinajstić information content (AvgIpc) is 2.40. The number of nitrogens with zero attached hydrogens (tertiary/aromatic N) is 1. The smallest absolute Gasteiger partial charge is 0.253 e. The summed E-state index contributed by atoms with van der Waals surface area (Å²) in [7, 11) is 1.71. The van der Waals surface area contributed by atoms with Crippen molar-refractivity contribution in [1.29, 1.82) is 0 Å². The minimum absolute atomic E-state index is 0.135. The van der Waals surface area contributed by atoms with Gasteiger partial charge in [0.1, 0.15) is 0 Å². The third kappa shape index (κ3) is 4.36. The van der Waals surface area contributed by atoms with Gasteiger partial charge in [-0.3, -0.25) is 4.79 Å². The summed E-state index contributed by atoms with van der Waals surface area (Å²) >= 11 is 21.3. The molecule has 0 radical (unpaired) electrons. The van der Waals surface area contributed by atoms with Crippen molar-refractivity contribution in [3.63, 3.8) is 0 Å². The van der Waals surface area contributed by atoms with Gasteiger partial charge in [-0.15, -0.1) is 0 Å². The van der Waals surface area contributed by atoms with Crippen LogP contribution in [-0.4, -0.2) is 17.9 Å². The molecule has 0 saturated heterocycles. The molecular formula is C15H11BrCl3NO. The molecule has 0 atom stereocenters. The number of rotatable bonds is 3. The standard InChI is InChI=1S/C15H11BrCl3NO/c1-20(8-9-2-3-12(17)7-14(9)19)15(21)10-4-11(16)6-13(18)5-10/h2-7H,8H2,1H3. The number of carbonyl (C=O) groups is 1. The lowest BCUT2D eigenvalue weighted by molar-refractivity contribution is 0.0785. The molecule has 1 amide bonds. The lowest BCUT2D eigenvalue weighted by atomic mass is 10.1. The van der Waals surface area contributed by atoms with Gasteiger partial charge in [-0.2, -0.15) is 0 Å². The van der Waals surface area contributed by atoms with Crippen LogP contribution in [0.1, 0.15) is 15.9 Å². The minimum atomic E-state index is -0.135. The summed E-state index contributed by atoms with van der Waals surface area (Å²) in [5.41, 5.74) is 1.35. The fourth-order valence-electron chi connectivity index (χ4n) is 1.87. The first-order valence-corrected chi connectivity index (χ1v) is 7.95. The normalized spacial score (nSPS) is 10.5. The molecular weight excluding hydrogens is 396 g/mol. The molecule has 0 aromatic heterocycles. The predicted octanol–water partition coefficient (Wildman–Crippen LogP) is 5.68. The molecule has 2 nitrogen and oxygen atoms in total. The van der Waals surface area contributed by atoms with Gasteiger partial charge < -0.3 is 4.90 Å². The second kappa shape index (κ2) is 7.01. The summed E-state index contributed by atoms with van der Waals surface area (Å²) in [4.78, 5) is 14.0. The Kier molecular flexibility index (Phi) is 5.55. The highest BCUT2D eigenvalue weighted by atomic mass is 79.9. The predicted molar refractivity (Wildman–Crippen MR) is 91.4 cm³/mol. The quantitative estimate of drug-likeness (QED) is 0.641. The Hall–Kier alpha value is -0.740. The van der Waals surface area contributed by atoms with Crippen LogP contribution in [0.25, 0.3) is 0 Å². The molecule has 2 aromatic rings. The van der Waals surface area contributed by atoms with Crippen molar-refractivity contribution in [3.05, 3.63) is 67.1 Å². The van der Waals surface area contributed by atoms with Crippen LogP contribution in [0.15, 0.2) is 40.9 Å². The van der Waals surface area contributed by atoms with Gasteiger partial charge in [0.2, 0.25) is 0 Å². The Morgan fingerprint density at radius 2 is 1.81 bits per heavy atom. The molecule has 0 spiro atoms. The van der Waals surface area contributed by atoms with Crippen molar-refractivity contribution in [2.24, 2.45) is 0 Å². The average molecular weight is 408 g/mol. The zero-order valence-electron chi connectivity index (χ0n) is 11.0. The van der Waals surface area contributed by atoms with Crippen LogP contribution in [0.4, 0.5) is 0 Å². The summed E-state index contributed by atoms with van der Waals surface area (Å²) in [6.07, 6.45) is 0. The van der Waals surface area contributed by atoms with Gasteiger partial charge in [0, 0.05) is 38.7 Å². The van der Waals surface area contributed by atoms with Crippen molar-refractivity contribution < 1.29 is 4.79 Å². The first-order valence-electron chi connectivity index (χ1n) is 6.02. The number of hydrogen-bond acceptors (Lipinski definition) is 1. The van der Waals surface area contributed by atoms with Crippen molar-refractivity contribution >= 4 is 56.6 Å². The van der Waals surface area contributed by atoms with Gasteiger partial charge in [0.15, 0.2) is 0 Å². The number of halogens is 4. The molecule has 2 rings (SSSR count). The van der Waals surface area contributed by atoms with Gasteiger partial charge in [-0.1, -0.05) is 56.8 Å². The molecule has 110 valence electrons. The summed E-state index contributed by atoms with van der Waals surface area (Å²) in [6, 6.07) is 10.3. The molecule has 0 saturated carbocycles. The molecule has 0 aliphatic rings. The van der Waals surface area contributed by atoms with Crippen molar-refractivity contribution in [1.82, 2.24) is 4.90 Å². The Morgan fingerprint density at radius 3 is 2.43 bits per heavy atom. The van der Waals surface area contributed by atoms with Gasteiger partial charge in [-0.25, -0.2) is 0 Å². The van der Waals surface area contributed by atoms with E-state index >= 15 is 0 Å². The SMILES string of the molecule is CN(Cc1ccc(Cl)cc1Cl)C(=O)c1cc(Cl)cc(Br)c1. The fraction of sp³-hybridized carbons (Fsp3) is 0.133. The van der Waals surface area contributed by atoms with Crippen LogP contribution < -0.4 is 0 Å². The highest BCUT2D eigenvalue weighted by Gasteiger charge is 2.14. The molecule has 0 unspecified atom stereocenters. The monoisotopic (exact) mass is 405 g/mol. The highest BCUT2D eigenvalue weighted by molar-refractivity contribution is 9.10. The maximum absolute atomic E-state index is 12.4. The molecule has 0 aliphatic heterocycles. The third-order valence-electron chi connectivity index (χ3n) is 2.88. The molecule has 0 heterocycles. The van der Waals surface area contributed by atoms with Crippen LogP contribution in [0, 0.1) is 0 Å². The van der Waals surface area contributed by atoms with E-state index < -0.39 is 0 Å². The fourth-order valence-corrected chi connectivity index (χ4v) is 3.20. The number of amides is 1. The van der Waals surface area contributed by atoms with Crippen LogP contribution in [0.2, 0.25) is 15.1 Å². The third-order valence-corrected chi connectivity index (χ3v) is 4.14. The van der Waals surface area contributed by atoms with E-state index in [1.54, 1.807) is 42.3 Å². The minimum Gasteiger partial charge on any atom is -0.337 e. The van der Waals surface area contributed by atoms with E-state index in [2.05, 4.69) is 15.9 Å². The topological polar surface area (TPSA) is 20.3 Å². The molecule has 6 heteroatoms. The van der Waals surface area contributed by atoms with E-state index in [1.165, 1.54) is 0 Å². The first kappa shape index (κ1) is 16.6. The maximum atomic E-state index is 12.4. The molecule has 0 bridgehead atoms. The number of carbonyl (C=O) groups excluding carboxylic acids is 1. The summed E-state index contributed by atoms with van der Waals surface area (Å²) in [5.74, 6) is -0.135. The molecule has 2 aromatic carbocycles. The highest BCUT2D eigenvalue weighted by Crippen LogP contribution is 2.24. The maximum Gasteiger partial charge on any atom is 0.253 e. The van der Waals surface area contributed by atoms with Gasteiger partial charge in [-0.05, 0) is 35.9 Å². The van der Waals surface area contributed by atoms with E-state index in [9.17, 15) is 4.79 Å². The summed E-state index contributed by atoms with van der Waals surface area (Å²) < 4.78 is 0.760. The van der Waals surface area contributed by atoms with Crippen molar-refractivity contribution in [3.8, 4) is 0 Å². The van der Waals surface area contributed by atoms with Gasteiger partial charge in [0.25, 0.3) is 5.91 Å². The van der Waals surface area contributed by atoms with E-state index in [4.69, 9.17) is 34.8 Å². The summed E-state index contributed by atoms with van der Waals surface area (Å²) in [5, 5.41) is 1.61. The largest absolute Gasteiger partial charge is 0.337 e. The number of hydrogen-bond donors (Lipinski definition) is 0. The number of benzene rings is 2. The zero-order chi connectivity index (χ0) is 15.6. The van der Waals surface area contributed by atoms with Gasteiger partial charge in [0.05, 0.1) is 0 Å². The Bertz CT molecular complexity index is 670. The van der Waals surface area contributed by atoms with E-state index in [-0.39, 0.29) is 5.91 Å². The Balaban J connectivity index is 2.19. The van der Waals surface area contributed by atoms with Gasteiger partial charge >= 0.3 is 0 Å². The van der Waals surface area contributed by atoms with Crippen LogP contribution in [0.3, 0.4) is 0 Å². The second-order valence-corrected chi connectivity index (χ2v) is 6.75. The van der Waals surface area contributed by atoms with Crippen LogP contribution in [-0.2, 0) is 6.54 Å². The zero-order valence-corrected chi connectivity index (χ0v) is 14.9. The lowest BCUT2D eigenvalue weighted by Gasteiger charge is -2.18. The van der Waals surface area contributed by atoms with Crippen LogP contribution >= 0.6 is 50.7 Å². The lowest BCUT2D eigenvalue weighted by Crippen LogP contribution is -2.26. The summed E-state index contributed by atoms with van der Waals surface area (Å²) in [6.45, 7) is 0.388. The van der Waals surface area contributed by atoms with Crippen LogP contribution in [0.5, 0.6) is 0 Å². The Labute approximate surface area is 146 Å². The van der Waals surface area contributed by atoms with E-state index in [1.807, 2.05) is 6.07 Å². The van der Waals surface area contributed by atoms with E-state index in [0.29, 0.717) is 27.2 Å². The molecule has 0 aliphatic carbocycles. The molecule has 0 N–H and O–H groups in total. The molecule has 21 heavy (non-hydrogen) atoms. The van der Waals surface area contributed by atoms with Crippen molar-refractivity contribution in [2.45, 2.75) is 6.54 Å².